The van der Waals surface area contributed by atoms with Gasteiger partial charge in [-0.25, -0.2) is 0 Å². The SMILES string of the molecule is Cc1cc(=O)c(C(=O)N2CCSC(C)(C)CC2)c[nH]1. The van der Waals surface area contributed by atoms with Crippen LogP contribution in [0.15, 0.2) is 17.1 Å². The molecule has 0 atom stereocenters. The quantitative estimate of drug-likeness (QED) is 0.856. The number of carbonyl (C=O) groups excluding carboxylic acids is 1. The van der Waals surface area contributed by atoms with Crippen LogP contribution in [0, 0.1) is 6.92 Å². The highest BCUT2D eigenvalue weighted by Crippen LogP contribution is 2.30. The average Bonchev–Trinajstić information content (AvgIpc) is 2.49. The van der Waals surface area contributed by atoms with Crippen molar-refractivity contribution in [3.8, 4) is 0 Å². The molecule has 0 spiro atoms. The first-order valence-corrected chi connectivity index (χ1v) is 7.50. The zero-order chi connectivity index (χ0) is 14.0. The van der Waals surface area contributed by atoms with Gasteiger partial charge >= 0.3 is 0 Å². The molecule has 1 amide bonds. The van der Waals surface area contributed by atoms with Crippen molar-refractivity contribution < 1.29 is 4.79 Å². The molecule has 1 aromatic rings. The van der Waals surface area contributed by atoms with E-state index in [0.717, 1.165) is 17.9 Å². The topological polar surface area (TPSA) is 53.2 Å². The standard InChI is InChI=1S/C14H20N2O2S/c1-10-8-12(17)11(9-15-10)13(18)16-5-4-14(2,3)19-7-6-16/h8-9H,4-7H2,1-3H3,(H,15,17). The van der Waals surface area contributed by atoms with E-state index in [1.54, 1.807) is 11.8 Å². The van der Waals surface area contributed by atoms with E-state index in [-0.39, 0.29) is 21.6 Å². The van der Waals surface area contributed by atoms with Crippen LogP contribution in [0.4, 0.5) is 0 Å². The van der Waals surface area contributed by atoms with E-state index in [0.29, 0.717) is 13.1 Å². The Labute approximate surface area is 117 Å². The molecular formula is C14H20N2O2S. The summed E-state index contributed by atoms with van der Waals surface area (Å²) < 4.78 is 0.203. The van der Waals surface area contributed by atoms with Crippen LogP contribution in [-0.4, -0.2) is 39.4 Å². The molecule has 1 fully saturated rings. The number of aromatic amines is 1. The van der Waals surface area contributed by atoms with Gasteiger partial charge in [0, 0.05) is 41.5 Å². The van der Waals surface area contributed by atoms with Crippen molar-refractivity contribution >= 4 is 17.7 Å². The van der Waals surface area contributed by atoms with Gasteiger partial charge in [-0.05, 0) is 13.3 Å². The normalized spacial score (nSPS) is 19.0. The van der Waals surface area contributed by atoms with Crippen LogP contribution in [0.25, 0.3) is 0 Å². The summed E-state index contributed by atoms with van der Waals surface area (Å²) in [6, 6.07) is 1.48. The first-order chi connectivity index (χ1) is 8.89. The van der Waals surface area contributed by atoms with Crippen LogP contribution in [0.1, 0.15) is 36.3 Å². The molecule has 4 nitrogen and oxygen atoms in total. The fourth-order valence-electron chi connectivity index (χ4n) is 2.13. The Bertz CT molecular complexity index is 536. The summed E-state index contributed by atoms with van der Waals surface area (Å²) >= 11 is 1.88. The Hall–Kier alpha value is -1.23. The molecule has 104 valence electrons. The van der Waals surface area contributed by atoms with Crippen molar-refractivity contribution in [2.45, 2.75) is 31.9 Å². The third-order valence-electron chi connectivity index (χ3n) is 3.41. The van der Waals surface area contributed by atoms with E-state index in [1.165, 1.54) is 12.3 Å². The van der Waals surface area contributed by atoms with E-state index >= 15 is 0 Å². The number of aryl methyl sites for hydroxylation is 1. The monoisotopic (exact) mass is 280 g/mol. The summed E-state index contributed by atoms with van der Waals surface area (Å²) in [5, 5.41) is 0. The fourth-order valence-corrected chi connectivity index (χ4v) is 3.23. The van der Waals surface area contributed by atoms with Gasteiger partial charge in [0.05, 0.1) is 0 Å². The molecule has 1 aromatic heterocycles. The number of hydrogen-bond acceptors (Lipinski definition) is 3. The number of nitrogens with one attached hydrogen (secondary N) is 1. The lowest BCUT2D eigenvalue weighted by molar-refractivity contribution is 0.0763. The molecule has 1 aliphatic heterocycles. The number of thioether (sulfide) groups is 1. The van der Waals surface area contributed by atoms with E-state index in [1.807, 2.05) is 11.8 Å². The van der Waals surface area contributed by atoms with Gasteiger partial charge in [-0.15, -0.1) is 0 Å². The third kappa shape index (κ3) is 3.41. The molecule has 0 aliphatic carbocycles. The van der Waals surface area contributed by atoms with Crippen LogP contribution in [0.2, 0.25) is 0 Å². The maximum atomic E-state index is 12.4. The average molecular weight is 280 g/mol. The minimum atomic E-state index is -0.197. The number of aromatic nitrogens is 1. The summed E-state index contributed by atoms with van der Waals surface area (Å²) in [5.41, 5.74) is 0.821. The molecule has 1 aliphatic rings. The second kappa shape index (κ2) is 5.41. The maximum Gasteiger partial charge on any atom is 0.259 e. The molecule has 0 bridgehead atoms. The van der Waals surface area contributed by atoms with Crippen molar-refractivity contribution in [2.75, 3.05) is 18.8 Å². The highest BCUT2D eigenvalue weighted by Gasteiger charge is 2.27. The summed E-state index contributed by atoms with van der Waals surface area (Å²) in [6.07, 6.45) is 2.48. The maximum absolute atomic E-state index is 12.4. The highest BCUT2D eigenvalue weighted by atomic mass is 32.2. The van der Waals surface area contributed by atoms with Gasteiger partial charge in [-0.1, -0.05) is 13.8 Å². The second-order valence-corrected chi connectivity index (χ2v) is 7.35. The molecule has 5 heteroatoms. The first kappa shape index (κ1) is 14.2. The number of pyridine rings is 1. The smallest absolute Gasteiger partial charge is 0.259 e. The molecular weight excluding hydrogens is 260 g/mol. The number of H-pyrrole nitrogens is 1. The predicted octanol–water partition coefficient (Wildman–Crippen LogP) is 2.04. The Morgan fingerprint density at radius 3 is 2.84 bits per heavy atom. The van der Waals surface area contributed by atoms with Gasteiger partial charge in [-0.3, -0.25) is 9.59 Å². The van der Waals surface area contributed by atoms with Crippen molar-refractivity contribution in [3.05, 3.63) is 33.7 Å². The fraction of sp³-hybridized carbons (Fsp3) is 0.571. The van der Waals surface area contributed by atoms with E-state index in [2.05, 4.69) is 18.8 Å². The van der Waals surface area contributed by atoms with Crippen molar-refractivity contribution in [2.24, 2.45) is 0 Å². The predicted molar refractivity (Wildman–Crippen MR) is 78.9 cm³/mol. The van der Waals surface area contributed by atoms with Crippen molar-refractivity contribution in [1.82, 2.24) is 9.88 Å². The Kier molecular flexibility index (Phi) is 4.04. The summed E-state index contributed by atoms with van der Waals surface area (Å²) in [4.78, 5) is 29.0. The molecule has 2 heterocycles. The molecule has 1 saturated heterocycles. The molecule has 2 rings (SSSR count). The lowest BCUT2D eigenvalue weighted by Crippen LogP contribution is -2.36. The molecule has 0 radical (unpaired) electrons. The molecule has 19 heavy (non-hydrogen) atoms. The van der Waals surface area contributed by atoms with E-state index < -0.39 is 0 Å². The number of rotatable bonds is 1. The highest BCUT2D eigenvalue weighted by molar-refractivity contribution is 8.00. The van der Waals surface area contributed by atoms with Gasteiger partial charge in [0.15, 0.2) is 5.43 Å². The van der Waals surface area contributed by atoms with Crippen LogP contribution in [0.5, 0.6) is 0 Å². The van der Waals surface area contributed by atoms with Gasteiger partial charge < -0.3 is 9.88 Å². The molecule has 0 aromatic carbocycles. The Balaban J connectivity index is 2.18. The van der Waals surface area contributed by atoms with Crippen LogP contribution in [-0.2, 0) is 0 Å². The Morgan fingerprint density at radius 2 is 2.16 bits per heavy atom. The van der Waals surface area contributed by atoms with Gasteiger partial charge in [0.2, 0.25) is 0 Å². The first-order valence-electron chi connectivity index (χ1n) is 6.52. The van der Waals surface area contributed by atoms with Gasteiger partial charge in [-0.2, -0.15) is 11.8 Å². The molecule has 0 saturated carbocycles. The van der Waals surface area contributed by atoms with Gasteiger partial charge in [0.1, 0.15) is 5.56 Å². The van der Waals surface area contributed by atoms with Crippen LogP contribution < -0.4 is 5.43 Å². The van der Waals surface area contributed by atoms with Crippen molar-refractivity contribution in [3.63, 3.8) is 0 Å². The minimum absolute atomic E-state index is 0.153. The second-order valence-electron chi connectivity index (χ2n) is 5.54. The zero-order valence-electron chi connectivity index (χ0n) is 11.7. The van der Waals surface area contributed by atoms with Crippen LogP contribution >= 0.6 is 11.8 Å². The number of amides is 1. The summed E-state index contributed by atoms with van der Waals surface area (Å²) in [7, 11) is 0. The van der Waals surface area contributed by atoms with Crippen LogP contribution in [0.3, 0.4) is 0 Å². The Morgan fingerprint density at radius 1 is 1.42 bits per heavy atom. The lowest BCUT2D eigenvalue weighted by Gasteiger charge is -2.22. The lowest BCUT2D eigenvalue weighted by atomic mass is 10.1. The largest absolute Gasteiger partial charge is 0.364 e. The molecule has 1 N–H and O–H groups in total. The van der Waals surface area contributed by atoms with Gasteiger partial charge in [0.25, 0.3) is 5.91 Å². The molecule has 0 unspecified atom stereocenters. The number of hydrogen-bond donors (Lipinski definition) is 1. The summed E-state index contributed by atoms with van der Waals surface area (Å²) in [6.45, 7) is 7.63. The third-order valence-corrected chi connectivity index (χ3v) is 4.78. The number of nitrogens with zero attached hydrogens (tertiary/aromatic N) is 1. The minimum Gasteiger partial charge on any atom is -0.364 e. The zero-order valence-corrected chi connectivity index (χ0v) is 12.5. The van der Waals surface area contributed by atoms with E-state index in [9.17, 15) is 9.59 Å². The van der Waals surface area contributed by atoms with E-state index in [4.69, 9.17) is 0 Å². The van der Waals surface area contributed by atoms with Crippen molar-refractivity contribution in [1.29, 1.82) is 0 Å². The number of carbonyl (C=O) groups is 1. The summed E-state index contributed by atoms with van der Waals surface area (Å²) in [5.74, 6) is 0.766.